The first-order valence-corrected chi connectivity index (χ1v) is 12.9. The van der Waals surface area contributed by atoms with Crippen LogP contribution in [0.2, 0.25) is 10.0 Å². The Morgan fingerprint density at radius 2 is 1.79 bits per heavy atom. The molecule has 0 spiro atoms. The summed E-state index contributed by atoms with van der Waals surface area (Å²) in [5.74, 6) is -0.299. The van der Waals surface area contributed by atoms with Crippen LogP contribution < -0.4 is 0 Å². The van der Waals surface area contributed by atoms with Crippen LogP contribution in [-0.2, 0) is 9.53 Å². The third kappa shape index (κ3) is 4.33. The summed E-state index contributed by atoms with van der Waals surface area (Å²) in [6.45, 7) is 4.14. The van der Waals surface area contributed by atoms with Crippen molar-refractivity contribution in [3.63, 3.8) is 0 Å². The summed E-state index contributed by atoms with van der Waals surface area (Å²) in [5, 5.41) is 2.23. The highest BCUT2D eigenvalue weighted by Crippen LogP contribution is 2.51. The van der Waals surface area contributed by atoms with Gasteiger partial charge in [-0.15, -0.1) is 0 Å². The molecular weight excluding hydrogens is 487 g/mol. The lowest BCUT2D eigenvalue weighted by atomic mass is 9.83. The molecule has 2 heterocycles. The van der Waals surface area contributed by atoms with Crippen molar-refractivity contribution in [2.45, 2.75) is 39.2 Å². The van der Waals surface area contributed by atoms with E-state index in [1.54, 1.807) is 0 Å². The van der Waals surface area contributed by atoms with Crippen molar-refractivity contribution >= 4 is 52.2 Å². The second kappa shape index (κ2) is 9.65. The molecule has 5 rings (SSSR count). The van der Waals surface area contributed by atoms with Crippen LogP contribution in [0.3, 0.4) is 0 Å². The topological polar surface area (TPSA) is 41.9 Å². The van der Waals surface area contributed by atoms with E-state index in [0.717, 1.165) is 52.0 Å². The van der Waals surface area contributed by atoms with Crippen LogP contribution in [0.1, 0.15) is 50.3 Å². The van der Waals surface area contributed by atoms with Gasteiger partial charge in [-0.05, 0) is 97.5 Å². The standard InChI is InChI=1S/C27H24Cl2N2O2S/c1-3-33-26(32)25-16(2)31-24(18-9-13-21(29)14-10-18)22-6-4-5-19(23(22)30-27(31)34-25)15-17-7-11-20(28)12-8-17/h7-15,24H,3-6H2,1-2H3. The summed E-state index contributed by atoms with van der Waals surface area (Å²) in [6, 6.07) is 15.8. The Hall–Kier alpha value is -2.47. The van der Waals surface area contributed by atoms with Gasteiger partial charge in [-0.3, -0.25) is 0 Å². The van der Waals surface area contributed by atoms with Crippen molar-refractivity contribution in [2.24, 2.45) is 4.99 Å². The molecule has 4 nitrogen and oxygen atoms in total. The van der Waals surface area contributed by atoms with Gasteiger partial charge < -0.3 is 9.64 Å². The van der Waals surface area contributed by atoms with Gasteiger partial charge in [0.25, 0.3) is 0 Å². The lowest BCUT2D eigenvalue weighted by Gasteiger charge is -2.39. The summed E-state index contributed by atoms with van der Waals surface area (Å²) < 4.78 is 5.33. The number of ether oxygens (including phenoxy) is 1. The first kappa shape index (κ1) is 23.3. The molecule has 0 N–H and O–H groups in total. The number of amidine groups is 1. The van der Waals surface area contributed by atoms with Gasteiger partial charge in [-0.1, -0.05) is 47.5 Å². The second-order valence-corrected chi connectivity index (χ2v) is 10.3. The van der Waals surface area contributed by atoms with Crippen LogP contribution in [0.15, 0.2) is 81.0 Å². The van der Waals surface area contributed by atoms with Gasteiger partial charge in [0.1, 0.15) is 4.91 Å². The van der Waals surface area contributed by atoms with E-state index >= 15 is 0 Å². The summed E-state index contributed by atoms with van der Waals surface area (Å²) in [6.07, 6.45) is 5.14. The number of carbonyl (C=O) groups is 1. The van der Waals surface area contributed by atoms with Gasteiger partial charge in [0.05, 0.1) is 18.3 Å². The molecule has 2 aromatic carbocycles. The lowest BCUT2D eigenvalue weighted by molar-refractivity contribution is -0.137. The van der Waals surface area contributed by atoms with Crippen molar-refractivity contribution in [3.05, 3.63) is 97.1 Å². The maximum atomic E-state index is 12.7. The molecule has 3 aliphatic rings. The number of nitrogens with zero attached hydrogens (tertiary/aromatic N) is 2. The van der Waals surface area contributed by atoms with Gasteiger partial charge in [0.15, 0.2) is 5.17 Å². The average Bonchev–Trinajstić information content (AvgIpc) is 3.16. The zero-order chi connectivity index (χ0) is 23.8. The zero-order valence-electron chi connectivity index (χ0n) is 19.0. The summed E-state index contributed by atoms with van der Waals surface area (Å²) in [7, 11) is 0. The molecule has 174 valence electrons. The van der Waals surface area contributed by atoms with E-state index < -0.39 is 0 Å². The largest absolute Gasteiger partial charge is 0.462 e. The number of allylic oxidation sites excluding steroid dienone is 2. The van der Waals surface area contributed by atoms with E-state index in [1.165, 1.54) is 22.9 Å². The molecule has 0 aromatic heterocycles. The second-order valence-electron chi connectivity index (χ2n) is 8.40. The number of carbonyl (C=O) groups excluding carboxylic acids is 1. The first-order valence-electron chi connectivity index (χ1n) is 11.3. The normalized spacial score (nSPS) is 20.9. The predicted octanol–water partition coefficient (Wildman–Crippen LogP) is 7.77. The maximum absolute atomic E-state index is 12.7. The minimum Gasteiger partial charge on any atom is -0.462 e. The van der Waals surface area contributed by atoms with Crippen LogP contribution in [-0.4, -0.2) is 22.6 Å². The molecule has 2 aromatic rings. The Bertz CT molecular complexity index is 1260. The molecular formula is C27H24Cl2N2O2S. The van der Waals surface area contributed by atoms with E-state index in [2.05, 4.69) is 23.1 Å². The molecule has 0 radical (unpaired) electrons. The molecule has 0 saturated heterocycles. The zero-order valence-corrected chi connectivity index (χ0v) is 21.3. The minimum absolute atomic E-state index is 0.0480. The van der Waals surface area contributed by atoms with E-state index in [1.807, 2.05) is 50.2 Å². The third-order valence-corrected chi connectivity index (χ3v) is 7.88. The van der Waals surface area contributed by atoms with Gasteiger partial charge in [0, 0.05) is 15.7 Å². The van der Waals surface area contributed by atoms with Crippen LogP contribution in [0, 0.1) is 0 Å². The smallest absolute Gasteiger partial charge is 0.346 e. The molecule has 1 unspecified atom stereocenters. The SMILES string of the molecule is CCOC(=O)C1=C(C)N2C(=NC3=C(CCCC3=Cc3ccc(Cl)cc3)C2c2ccc(Cl)cc2)S1. The fourth-order valence-corrected chi connectivity index (χ4v) is 6.00. The average molecular weight is 511 g/mol. The summed E-state index contributed by atoms with van der Waals surface area (Å²) >= 11 is 13.7. The van der Waals surface area contributed by atoms with Crippen LogP contribution in [0.5, 0.6) is 0 Å². The molecule has 7 heteroatoms. The monoisotopic (exact) mass is 510 g/mol. The number of rotatable bonds is 4. The van der Waals surface area contributed by atoms with Gasteiger partial charge in [0.2, 0.25) is 0 Å². The third-order valence-electron chi connectivity index (χ3n) is 6.24. The Morgan fingerprint density at radius 3 is 2.47 bits per heavy atom. The number of benzene rings is 2. The number of esters is 1. The summed E-state index contributed by atoms with van der Waals surface area (Å²) in [4.78, 5) is 20.6. The molecule has 0 bridgehead atoms. The highest BCUT2D eigenvalue weighted by molar-refractivity contribution is 8.18. The predicted molar refractivity (Wildman–Crippen MR) is 141 cm³/mol. The van der Waals surface area contributed by atoms with Crippen molar-refractivity contribution in [3.8, 4) is 0 Å². The number of hydrogen-bond donors (Lipinski definition) is 0. The van der Waals surface area contributed by atoms with E-state index in [9.17, 15) is 4.79 Å². The number of fused-ring (bicyclic) bond motifs is 1. The molecule has 1 atom stereocenters. The van der Waals surface area contributed by atoms with E-state index in [4.69, 9.17) is 32.9 Å². The Labute approximate surface area is 214 Å². The van der Waals surface area contributed by atoms with E-state index in [0.29, 0.717) is 16.5 Å². The molecule has 1 aliphatic carbocycles. The van der Waals surface area contributed by atoms with Crippen molar-refractivity contribution in [1.82, 2.24) is 4.90 Å². The number of hydrogen-bond acceptors (Lipinski definition) is 5. The fourth-order valence-electron chi connectivity index (χ4n) is 4.70. The van der Waals surface area contributed by atoms with Gasteiger partial charge >= 0.3 is 5.97 Å². The molecule has 0 saturated carbocycles. The van der Waals surface area contributed by atoms with Crippen LogP contribution in [0.4, 0.5) is 0 Å². The quantitative estimate of drug-likeness (QED) is 0.394. The van der Waals surface area contributed by atoms with Gasteiger partial charge in [-0.2, -0.15) is 0 Å². The van der Waals surface area contributed by atoms with Crippen molar-refractivity contribution < 1.29 is 9.53 Å². The van der Waals surface area contributed by atoms with Crippen LogP contribution in [0.25, 0.3) is 6.08 Å². The number of aliphatic imine (C=N–C) groups is 1. The highest BCUT2D eigenvalue weighted by Gasteiger charge is 2.42. The highest BCUT2D eigenvalue weighted by atomic mass is 35.5. The van der Waals surface area contributed by atoms with Crippen molar-refractivity contribution in [2.75, 3.05) is 6.61 Å². The van der Waals surface area contributed by atoms with Crippen LogP contribution >= 0.6 is 35.0 Å². The lowest BCUT2D eigenvalue weighted by Crippen LogP contribution is -2.34. The maximum Gasteiger partial charge on any atom is 0.346 e. The Balaban J connectivity index is 1.64. The first-order chi connectivity index (χ1) is 16.5. The molecule has 0 amide bonds. The summed E-state index contributed by atoms with van der Waals surface area (Å²) in [5.41, 5.74) is 6.60. The Kier molecular flexibility index (Phi) is 6.61. The molecule has 0 fully saturated rings. The molecule has 2 aliphatic heterocycles. The number of halogens is 2. The Morgan fingerprint density at radius 1 is 1.12 bits per heavy atom. The van der Waals surface area contributed by atoms with Gasteiger partial charge in [-0.25, -0.2) is 9.79 Å². The fraction of sp³-hybridized carbons (Fsp3) is 0.259. The minimum atomic E-state index is -0.299. The van der Waals surface area contributed by atoms with Crippen molar-refractivity contribution in [1.29, 1.82) is 0 Å². The number of thioether (sulfide) groups is 1. The molecule has 34 heavy (non-hydrogen) atoms. The van der Waals surface area contributed by atoms with E-state index in [-0.39, 0.29) is 12.0 Å².